The van der Waals surface area contributed by atoms with Gasteiger partial charge >= 0.3 is 21.7 Å². The number of phosphoric ester groups is 2. The van der Waals surface area contributed by atoms with Crippen molar-refractivity contribution in [3.05, 3.63) is 0 Å². The van der Waals surface area contributed by atoms with Gasteiger partial charge in [-0.25, -0.2) is 13.9 Å². The highest BCUT2D eigenvalue weighted by Gasteiger charge is 2.49. The summed E-state index contributed by atoms with van der Waals surface area (Å²) in [6, 6.07) is -0.895. The Labute approximate surface area is 190 Å². The summed E-state index contributed by atoms with van der Waals surface area (Å²) in [5.41, 5.74) is 0. The first-order chi connectivity index (χ1) is 15.7. The summed E-state index contributed by atoms with van der Waals surface area (Å²) in [7, 11) is -10.9. The molecule has 3 aliphatic rings. The van der Waals surface area contributed by atoms with Gasteiger partial charge in [-0.05, 0) is 0 Å². The summed E-state index contributed by atoms with van der Waals surface area (Å²) in [5.74, 6) is -0.556. The molecule has 0 aromatic carbocycles. The number of rotatable bonds is 8. The fraction of sp³-hybridized carbons (Fsp3) is 0.857. The first-order valence-electron chi connectivity index (χ1n) is 9.68. The van der Waals surface area contributed by atoms with Crippen LogP contribution in [0.2, 0.25) is 0 Å². The summed E-state index contributed by atoms with van der Waals surface area (Å²) >= 11 is 0. The van der Waals surface area contributed by atoms with Crippen LogP contribution in [0, 0.1) is 0 Å². The maximum atomic E-state index is 12.1. The minimum absolute atomic E-state index is 0.101. The molecule has 34 heavy (non-hydrogen) atoms. The zero-order chi connectivity index (χ0) is 25.4. The molecule has 0 aliphatic carbocycles. The van der Waals surface area contributed by atoms with Crippen LogP contribution in [0.1, 0.15) is 6.42 Å². The zero-order valence-corrected chi connectivity index (χ0v) is 18.9. The Kier molecular flexibility index (Phi) is 8.49. The maximum Gasteiger partial charge on any atom is 0.483 e. The molecule has 8 N–H and O–H groups in total. The fourth-order valence-corrected chi connectivity index (χ4v) is 5.46. The van der Waals surface area contributed by atoms with Crippen molar-refractivity contribution in [3.63, 3.8) is 0 Å². The number of hydrogen-bond donors (Lipinski definition) is 8. The maximum absolute atomic E-state index is 12.1. The molecule has 3 heterocycles. The third-order valence-corrected chi connectivity index (χ3v) is 7.63. The molecule has 0 aromatic heterocycles. The van der Waals surface area contributed by atoms with E-state index < -0.39 is 89.9 Å². The van der Waals surface area contributed by atoms with Crippen molar-refractivity contribution in [1.82, 2.24) is 10.2 Å². The molecule has 3 rings (SSSR count). The van der Waals surface area contributed by atoms with E-state index in [0.717, 1.165) is 4.90 Å². The second-order valence-electron chi connectivity index (χ2n) is 7.51. The van der Waals surface area contributed by atoms with E-state index in [2.05, 4.69) is 13.4 Å². The summed E-state index contributed by atoms with van der Waals surface area (Å²) in [6.45, 7) is -1.70. The van der Waals surface area contributed by atoms with E-state index in [4.69, 9.17) is 9.47 Å². The van der Waals surface area contributed by atoms with Crippen LogP contribution < -0.4 is 5.32 Å². The van der Waals surface area contributed by atoms with E-state index in [1.165, 1.54) is 0 Å². The molecule has 0 radical (unpaired) electrons. The van der Waals surface area contributed by atoms with Gasteiger partial charge in [-0.2, -0.15) is 4.31 Å². The van der Waals surface area contributed by atoms with Crippen molar-refractivity contribution in [2.24, 2.45) is 0 Å². The predicted molar refractivity (Wildman–Crippen MR) is 101 cm³/mol. The van der Waals surface area contributed by atoms with Crippen LogP contribution in [0.25, 0.3) is 0 Å². The lowest BCUT2D eigenvalue weighted by Gasteiger charge is -2.35. The normalized spacial score (nSPS) is 40.5. The van der Waals surface area contributed by atoms with Crippen molar-refractivity contribution in [2.45, 2.75) is 55.6 Å². The first-order valence-corrected chi connectivity index (χ1v) is 12.7. The Morgan fingerprint density at radius 1 is 1.00 bits per heavy atom. The number of urea groups is 1. The van der Waals surface area contributed by atoms with E-state index in [1.54, 1.807) is 0 Å². The van der Waals surface area contributed by atoms with Gasteiger partial charge in [0.15, 0.2) is 12.5 Å². The minimum Gasteiger partial charge on any atom is -0.388 e. The lowest BCUT2D eigenvalue weighted by atomic mass is 10.1. The predicted octanol–water partition coefficient (Wildman–Crippen LogP) is -3.94. The van der Waals surface area contributed by atoms with E-state index in [1.807, 2.05) is 5.32 Å². The number of hydrogen-bond acceptors (Lipinski definition) is 14. The highest BCUT2D eigenvalue weighted by atomic mass is 31.3. The largest absolute Gasteiger partial charge is 0.483 e. The highest BCUT2D eigenvalue weighted by molar-refractivity contribution is 7.61. The van der Waals surface area contributed by atoms with Crippen molar-refractivity contribution in [1.29, 1.82) is 0 Å². The lowest BCUT2D eigenvalue weighted by molar-refractivity contribution is -0.245. The molecule has 2 unspecified atom stereocenters. The number of carbonyl (C=O) groups excluding carboxylic acids is 2. The van der Waals surface area contributed by atoms with Gasteiger partial charge < -0.3 is 44.8 Å². The smallest absolute Gasteiger partial charge is 0.388 e. The standard InChI is InChI=1S/C14H24N2O16P2/c17-5-3-28-13(11(22)8(5)19)31-34(26,27)32-33(24,25)29-4-6-9(20)10(21)12(30-6)16-2-1-7(18)15-14(16)23/h5-6,8-13,17,19-22H,1-4H2,(H,24,25)(H,26,27)(H,15,18,23)/t5-,6-,8+,9-,10-,11-,12-,13-/m1/s1. The Balaban J connectivity index is 1.55. The molecule has 18 nitrogen and oxygen atoms in total. The molecule has 3 aliphatic heterocycles. The number of aliphatic hydroxyl groups excluding tert-OH is 5. The van der Waals surface area contributed by atoms with E-state index in [-0.39, 0.29) is 13.0 Å². The minimum atomic E-state index is -5.46. The molecule has 0 bridgehead atoms. The van der Waals surface area contributed by atoms with Crippen LogP contribution in [0.3, 0.4) is 0 Å². The van der Waals surface area contributed by atoms with Crippen molar-refractivity contribution < 1.29 is 76.9 Å². The van der Waals surface area contributed by atoms with Gasteiger partial charge in [0.1, 0.15) is 36.6 Å². The van der Waals surface area contributed by atoms with E-state index in [0.29, 0.717) is 0 Å². The Bertz CT molecular complexity index is 875. The zero-order valence-electron chi connectivity index (χ0n) is 17.1. The van der Waals surface area contributed by atoms with E-state index in [9.17, 15) is 54.0 Å². The molecular weight excluding hydrogens is 514 g/mol. The SMILES string of the molecule is O=C1CCN([C@@H]2O[C@H](COP(=O)(O)OP(=O)(O)O[C@H]3OC[C@@H](O)[C@H](O)[C@H]3O)[C@@H](O)[C@H]2O)C(=O)N1. The molecule has 3 saturated heterocycles. The van der Waals surface area contributed by atoms with Crippen LogP contribution >= 0.6 is 15.6 Å². The number of phosphoric acid groups is 2. The summed E-state index contributed by atoms with van der Waals surface area (Å²) in [5, 5.41) is 50.8. The number of ether oxygens (including phenoxy) is 2. The van der Waals surface area contributed by atoms with Gasteiger partial charge in [0.2, 0.25) is 5.91 Å². The topological polar surface area (TPSA) is 271 Å². The van der Waals surface area contributed by atoms with Gasteiger partial charge in [0.05, 0.1) is 13.2 Å². The molecule has 20 heteroatoms. The van der Waals surface area contributed by atoms with Gasteiger partial charge in [-0.1, -0.05) is 0 Å². The third-order valence-electron chi connectivity index (χ3n) is 5.03. The van der Waals surface area contributed by atoms with Crippen LogP contribution in [-0.4, -0.2) is 121 Å². The number of carbonyl (C=O) groups is 2. The second kappa shape index (κ2) is 10.5. The Morgan fingerprint density at radius 3 is 2.32 bits per heavy atom. The number of nitrogens with zero attached hydrogens (tertiary/aromatic N) is 1. The van der Waals surface area contributed by atoms with Gasteiger partial charge in [0.25, 0.3) is 0 Å². The third kappa shape index (κ3) is 6.37. The Hall–Kier alpha value is -1.08. The van der Waals surface area contributed by atoms with Gasteiger partial charge in [-0.3, -0.25) is 24.1 Å². The summed E-state index contributed by atoms with van der Waals surface area (Å²) in [4.78, 5) is 43.5. The average Bonchev–Trinajstić information content (AvgIpc) is 3.00. The lowest BCUT2D eigenvalue weighted by Crippen LogP contribution is -2.56. The Morgan fingerprint density at radius 2 is 1.68 bits per heavy atom. The number of nitrogens with one attached hydrogen (secondary N) is 1. The van der Waals surface area contributed by atoms with E-state index >= 15 is 0 Å². The number of imide groups is 1. The van der Waals surface area contributed by atoms with Crippen molar-refractivity contribution in [2.75, 3.05) is 19.8 Å². The average molecular weight is 538 g/mol. The molecule has 3 amide bonds. The first kappa shape index (κ1) is 27.5. The quantitative estimate of drug-likeness (QED) is 0.137. The monoisotopic (exact) mass is 538 g/mol. The van der Waals surface area contributed by atoms with Crippen LogP contribution in [0.5, 0.6) is 0 Å². The fourth-order valence-electron chi connectivity index (χ4n) is 3.29. The van der Waals surface area contributed by atoms with Gasteiger partial charge in [0, 0.05) is 13.0 Å². The van der Waals surface area contributed by atoms with Crippen LogP contribution in [-0.2, 0) is 36.8 Å². The van der Waals surface area contributed by atoms with Crippen molar-refractivity contribution in [3.8, 4) is 0 Å². The highest BCUT2D eigenvalue weighted by Crippen LogP contribution is 2.61. The van der Waals surface area contributed by atoms with Crippen molar-refractivity contribution >= 4 is 27.6 Å². The second-order valence-corrected chi connectivity index (χ2v) is 10.5. The molecule has 196 valence electrons. The molecule has 0 aromatic rings. The van der Waals surface area contributed by atoms with Gasteiger partial charge in [-0.15, -0.1) is 0 Å². The summed E-state index contributed by atoms with van der Waals surface area (Å²) < 4.78 is 47.1. The number of aliphatic hydroxyl groups is 5. The van der Waals surface area contributed by atoms with Crippen LogP contribution in [0.15, 0.2) is 0 Å². The van der Waals surface area contributed by atoms with Crippen LogP contribution in [0.4, 0.5) is 4.79 Å². The molecule has 0 spiro atoms. The molecular formula is C14H24N2O16P2. The molecule has 3 fully saturated rings. The summed E-state index contributed by atoms with van der Waals surface area (Å²) in [6.07, 6.45) is -13.8. The molecule has 0 saturated carbocycles. The number of amides is 3. The molecule has 10 atom stereocenters.